The van der Waals surface area contributed by atoms with Gasteiger partial charge in [0, 0.05) is 56.8 Å². The Morgan fingerprint density at radius 1 is 1.20 bits per heavy atom. The van der Waals surface area contributed by atoms with Gasteiger partial charge in [-0.15, -0.1) is 16.4 Å². The van der Waals surface area contributed by atoms with Crippen LogP contribution in [0.2, 0.25) is 0 Å². The smallest absolute Gasteiger partial charge is 0.276 e. The highest BCUT2D eigenvalue weighted by Gasteiger charge is 2.37. The van der Waals surface area contributed by atoms with Crippen LogP contribution >= 0.6 is 11.3 Å². The van der Waals surface area contributed by atoms with E-state index in [2.05, 4.69) is 34.5 Å². The number of morpholine rings is 1. The lowest BCUT2D eigenvalue weighted by Gasteiger charge is -2.40. The van der Waals surface area contributed by atoms with Crippen LogP contribution in [0.4, 0.5) is 4.39 Å². The molecule has 2 atom stereocenters. The third-order valence-electron chi connectivity index (χ3n) is 7.37. The Balaban J connectivity index is 1.43. The Morgan fingerprint density at radius 3 is 2.73 bits per heavy atom. The first kappa shape index (κ1) is 28.3. The number of nitrogens with one attached hydrogen (secondary N) is 1. The van der Waals surface area contributed by atoms with Gasteiger partial charge in [0.25, 0.3) is 5.91 Å². The number of thiazole rings is 1. The quantitative estimate of drug-likeness (QED) is 0.422. The lowest BCUT2D eigenvalue weighted by Crippen LogP contribution is -2.56. The van der Waals surface area contributed by atoms with E-state index in [9.17, 15) is 14.0 Å². The molecule has 2 saturated heterocycles. The zero-order valence-corrected chi connectivity index (χ0v) is 23.8. The second-order valence-corrected chi connectivity index (χ2v) is 11.7. The number of carbonyl (C=O) groups excluding carboxylic acids is 2. The number of piperidine rings is 1. The molecule has 3 aromatic rings. The summed E-state index contributed by atoms with van der Waals surface area (Å²) in [6.45, 7) is 8.08. The van der Waals surface area contributed by atoms with Gasteiger partial charge in [0.05, 0.1) is 29.8 Å². The van der Waals surface area contributed by atoms with Gasteiger partial charge in [0.1, 0.15) is 11.5 Å². The zero-order valence-electron chi connectivity index (χ0n) is 23.0. The van der Waals surface area contributed by atoms with E-state index in [1.54, 1.807) is 24.4 Å². The van der Waals surface area contributed by atoms with E-state index in [1.165, 1.54) is 22.1 Å². The Morgan fingerprint density at radius 2 is 2.00 bits per heavy atom. The van der Waals surface area contributed by atoms with Crippen molar-refractivity contribution in [1.29, 1.82) is 0 Å². The third-order valence-corrected chi connectivity index (χ3v) is 8.21. The highest BCUT2D eigenvalue weighted by Crippen LogP contribution is 2.25. The summed E-state index contributed by atoms with van der Waals surface area (Å²) in [4.78, 5) is 35.6. The van der Waals surface area contributed by atoms with E-state index in [0.29, 0.717) is 70.9 Å². The lowest BCUT2D eigenvalue weighted by molar-refractivity contribution is -0.140. The molecule has 0 bridgehead atoms. The van der Waals surface area contributed by atoms with Gasteiger partial charge in [0.2, 0.25) is 5.91 Å². The Labute approximate surface area is 237 Å². The molecule has 2 fully saturated rings. The molecule has 10 nitrogen and oxygen atoms in total. The molecule has 2 unspecified atom stereocenters. The molecule has 2 aromatic heterocycles. The van der Waals surface area contributed by atoms with E-state index in [0.717, 1.165) is 5.01 Å². The number of benzene rings is 1. The summed E-state index contributed by atoms with van der Waals surface area (Å²) in [5.74, 6) is -0.622. The van der Waals surface area contributed by atoms with Crippen molar-refractivity contribution in [2.45, 2.75) is 39.2 Å². The molecule has 1 N–H and O–H groups in total. The maximum atomic E-state index is 14.8. The van der Waals surface area contributed by atoms with E-state index >= 15 is 0 Å². The fourth-order valence-corrected chi connectivity index (χ4v) is 6.05. The Hall–Kier alpha value is -3.22. The topological polar surface area (TPSA) is 105 Å². The molecule has 2 amide bonds. The predicted molar refractivity (Wildman–Crippen MR) is 149 cm³/mol. The number of aromatic nitrogens is 4. The second-order valence-electron chi connectivity index (χ2n) is 10.7. The lowest BCUT2D eigenvalue weighted by atomic mass is 9.92. The number of halogens is 1. The van der Waals surface area contributed by atoms with Crippen LogP contribution in [0.1, 0.15) is 41.5 Å². The minimum atomic E-state index is -0.443. The van der Waals surface area contributed by atoms with E-state index in [4.69, 9.17) is 4.74 Å². The fourth-order valence-electron chi connectivity index (χ4n) is 5.42. The standard InChI is InChI=1S/C28H36FN7O3S/c1-19(2)18-35(21-15-20(16-30-17-21)27(37)34-10-12-39-13-11-34)28(38)26-24(7-8-25-31-9-14-40-25)36(33-32-26)23-6-4-3-5-22(23)29/h3-6,9,14,19-21,30H,7-8,10-13,15-18H2,1-2H3. The van der Waals surface area contributed by atoms with E-state index in [1.807, 2.05) is 15.2 Å². The summed E-state index contributed by atoms with van der Waals surface area (Å²) in [5.41, 5.74) is 1.000. The minimum Gasteiger partial charge on any atom is -0.378 e. The molecule has 2 aliphatic heterocycles. The number of carbonyl (C=O) groups is 2. The highest BCUT2D eigenvalue weighted by molar-refractivity contribution is 7.09. The normalized spacial score (nSPS) is 19.6. The van der Waals surface area contributed by atoms with Crippen molar-refractivity contribution in [3.05, 3.63) is 58.1 Å². The van der Waals surface area contributed by atoms with Gasteiger partial charge in [-0.2, -0.15) is 0 Å². The SMILES string of the molecule is CC(C)CN(C(=O)c1nnn(-c2ccccc2F)c1CCc1nccs1)C1CNCC(C(=O)N2CCOCC2)C1. The molecule has 12 heteroatoms. The molecule has 214 valence electrons. The van der Waals surface area contributed by atoms with Crippen LogP contribution in [0.15, 0.2) is 35.8 Å². The first-order valence-corrected chi connectivity index (χ1v) is 14.8. The van der Waals surface area contributed by atoms with Crippen molar-refractivity contribution in [3.63, 3.8) is 0 Å². The number of para-hydroxylation sites is 1. The molecule has 0 spiro atoms. The summed E-state index contributed by atoms with van der Waals surface area (Å²) in [7, 11) is 0. The molecule has 5 rings (SSSR count). The number of hydrogen-bond donors (Lipinski definition) is 1. The molecule has 0 radical (unpaired) electrons. The van der Waals surface area contributed by atoms with Gasteiger partial charge in [-0.3, -0.25) is 9.59 Å². The average molecular weight is 570 g/mol. The van der Waals surface area contributed by atoms with Crippen LogP contribution in [0.5, 0.6) is 0 Å². The molecular formula is C28H36FN7O3S. The van der Waals surface area contributed by atoms with Crippen molar-refractivity contribution in [2.24, 2.45) is 11.8 Å². The van der Waals surface area contributed by atoms with E-state index in [-0.39, 0.29) is 41.1 Å². The van der Waals surface area contributed by atoms with Gasteiger partial charge in [-0.1, -0.05) is 31.2 Å². The van der Waals surface area contributed by atoms with Gasteiger partial charge in [0.15, 0.2) is 5.69 Å². The molecule has 2 aliphatic rings. The Bertz CT molecular complexity index is 1290. The number of aryl methyl sites for hydroxylation is 1. The van der Waals surface area contributed by atoms with Crippen LogP contribution in [-0.2, 0) is 22.4 Å². The molecule has 0 saturated carbocycles. The molecule has 4 heterocycles. The summed E-state index contributed by atoms with van der Waals surface area (Å²) >= 11 is 1.53. The summed E-state index contributed by atoms with van der Waals surface area (Å²) in [5, 5.41) is 14.8. The van der Waals surface area contributed by atoms with Crippen LogP contribution in [0.25, 0.3) is 5.69 Å². The monoisotopic (exact) mass is 569 g/mol. The molecule has 0 aliphatic carbocycles. The van der Waals surface area contributed by atoms with Crippen molar-refractivity contribution >= 4 is 23.2 Å². The first-order chi connectivity index (χ1) is 19.4. The number of rotatable bonds is 9. The van der Waals surface area contributed by atoms with Crippen molar-refractivity contribution in [2.75, 3.05) is 45.9 Å². The maximum Gasteiger partial charge on any atom is 0.276 e. The predicted octanol–water partition coefficient (Wildman–Crippen LogP) is 2.58. The maximum absolute atomic E-state index is 14.8. The molecule has 1 aromatic carbocycles. The minimum absolute atomic E-state index is 0.104. The van der Waals surface area contributed by atoms with Crippen LogP contribution in [0.3, 0.4) is 0 Å². The Kier molecular flexibility index (Phi) is 9.18. The zero-order chi connectivity index (χ0) is 28.1. The highest BCUT2D eigenvalue weighted by atomic mass is 32.1. The number of nitrogens with zero attached hydrogens (tertiary/aromatic N) is 6. The summed E-state index contributed by atoms with van der Waals surface area (Å²) < 4.78 is 21.7. The summed E-state index contributed by atoms with van der Waals surface area (Å²) in [6, 6.07) is 6.16. The van der Waals surface area contributed by atoms with Gasteiger partial charge in [-0.25, -0.2) is 14.1 Å². The number of amides is 2. The van der Waals surface area contributed by atoms with Gasteiger partial charge < -0.3 is 19.9 Å². The number of hydrogen-bond acceptors (Lipinski definition) is 8. The van der Waals surface area contributed by atoms with Crippen LogP contribution in [-0.4, -0.2) is 93.6 Å². The first-order valence-electron chi connectivity index (χ1n) is 13.9. The van der Waals surface area contributed by atoms with Gasteiger partial charge >= 0.3 is 0 Å². The molecule has 40 heavy (non-hydrogen) atoms. The van der Waals surface area contributed by atoms with Crippen molar-refractivity contribution in [3.8, 4) is 5.69 Å². The fraction of sp³-hybridized carbons (Fsp3) is 0.536. The summed E-state index contributed by atoms with van der Waals surface area (Å²) in [6.07, 6.45) is 3.31. The average Bonchev–Trinajstić information content (AvgIpc) is 3.65. The number of ether oxygens (including phenoxy) is 1. The van der Waals surface area contributed by atoms with Gasteiger partial charge in [-0.05, 0) is 30.9 Å². The largest absolute Gasteiger partial charge is 0.378 e. The van der Waals surface area contributed by atoms with Crippen molar-refractivity contribution < 1.29 is 18.7 Å². The van der Waals surface area contributed by atoms with Crippen LogP contribution < -0.4 is 5.32 Å². The third kappa shape index (κ3) is 6.39. The molecular weight excluding hydrogens is 533 g/mol. The van der Waals surface area contributed by atoms with Crippen LogP contribution in [0, 0.1) is 17.7 Å². The van der Waals surface area contributed by atoms with E-state index < -0.39 is 5.82 Å². The van der Waals surface area contributed by atoms with Crippen molar-refractivity contribution in [1.82, 2.24) is 35.1 Å². The second kappa shape index (κ2) is 13.0.